The largest absolute Gasteiger partial charge is 0.353 e. The fourth-order valence-electron chi connectivity index (χ4n) is 2.16. The standard InChI is InChI=1S/C10H16O3/c1-2-12-9-7-10(13-9)5-3-8(11)4-6-10/h9H,2-7H2,1H3/t9-/m1/s1. The first-order chi connectivity index (χ1) is 6.24. The number of ketones is 1. The molecule has 0 aromatic heterocycles. The van der Waals surface area contributed by atoms with Gasteiger partial charge < -0.3 is 9.47 Å². The van der Waals surface area contributed by atoms with Crippen molar-refractivity contribution >= 4 is 5.78 Å². The van der Waals surface area contributed by atoms with Gasteiger partial charge in [-0.2, -0.15) is 0 Å². The van der Waals surface area contributed by atoms with E-state index in [4.69, 9.17) is 9.47 Å². The Morgan fingerprint density at radius 1 is 1.54 bits per heavy atom. The summed E-state index contributed by atoms with van der Waals surface area (Å²) in [4.78, 5) is 11.0. The third-order valence-corrected chi connectivity index (χ3v) is 2.99. The van der Waals surface area contributed by atoms with Gasteiger partial charge in [0.15, 0.2) is 6.29 Å². The topological polar surface area (TPSA) is 35.5 Å². The Kier molecular flexibility index (Phi) is 2.39. The summed E-state index contributed by atoms with van der Waals surface area (Å²) in [6, 6.07) is 0. The van der Waals surface area contributed by atoms with E-state index in [1.165, 1.54) is 0 Å². The molecular formula is C10H16O3. The van der Waals surface area contributed by atoms with E-state index in [0.717, 1.165) is 19.3 Å². The summed E-state index contributed by atoms with van der Waals surface area (Å²) >= 11 is 0. The molecule has 1 atom stereocenters. The molecule has 1 saturated carbocycles. The molecule has 0 N–H and O–H groups in total. The maximum absolute atomic E-state index is 11.0. The van der Waals surface area contributed by atoms with Crippen molar-refractivity contribution in [2.24, 2.45) is 0 Å². The van der Waals surface area contributed by atoms with Crippen LogP contribution >= 0.6 is 0 Å². The van der Waals surface area contributed by atoms with Crippen molar-refractivity contribution in [3.8, 4) is 0 Å². The normalized spacial score (nSPS) is 31.8. The van der Waals surface area contributed by atoms with Crippen LogP contribution in [0.3, 0.4) is 0 Å². The first-order valence-corrected chi connectivity index (χ1v) is 5.05. The Balaban J connectivity index is 1.79. The summed E-state index contributed by atoms with van der Waals surface area (Å²) in [5, 5.41) is 0. The molecule has 74 valence electrons. The van der Waals surface area contributed by atoms with Crippen LogP contribution in [-0.4, -0.2) is 24.3 Å². The van der Waals surface area contributed by atoms with Gasteiger partial charge in [0.1, 0.15) is 5.78 Å². The molecule has 0 bridgehead atoms. The second-order valence-electron chi connectivity index (χ2n) is 3.93. The van der Waals surface area contributed by atoms with Crippen LogP contribution in [0.1, 0.15) is 39.0 Å². The molecule has 1 saturated heterocycles. The Hall–Kier alpha value is -0.410. The summed E-state index contributed by atoms with van der Waals surface area (Å²) in [6.45, 7) is 2.68. The zero-order valence-electron chi connectivity index (χ0n) is 8.04. The van der Waals surface area contributed by atoms with Crippen LogP contribution in [0, 0.1) is 0 Å². The van der Waals surface area contributed by atoms with Crippen molar-refractivity contribution in [3.05, 3.63) is 0 Å². The maximum atomic E-state index is 11.0. The van der Waals surface area contributed by atoms with E-state index in [2.05, 4.69) is 0 Å². The van der Waals surface area contributed by atoms with Crippen LogP contribution in [0.15, 0.2) is 0 Å². The molecule has 1 aliphatic heterocycles. The molecule has 1 spiro atoms. The molecule has 2 rings (SSSR count). The number of hydrogen-bond donors (Lipinski definition) is 0. The van der Waals surface area contributed by atoms with E-state index < -0.39 is 0 Å². The average Bonchev–Trinajstić information content (AvgIpc) is 2.07. The molecular weight excluding hydrogens is 168 g/mol. The number of hydrogen-bond acceptors (Lipinski definition) is 3. The monoisotopic (exact) mass is 184 g/mol. The Bertz CT molecular complexity index is 194. The van der Waals surface area contributed by atoms with Gasteiger partial charge in [-0.15, -0.1) is 0 Å². The second kappa shape index (κ2) is 3.39. The van der Waals surface area contributed by atoms with Crippen LogP contribution in [-0.2, 0) is 14.3 Å². The first-order valence-electron chi connectivity index (χ1n) is 5.05. The highest BCUT2D eigenvalue weighted by molar-refractivity contribution is 5.79. The van der Waals surface area contributed by atoms with Gasteiger partial charge in [-0.25, -0.2) is 0 Å². The summed E-state index contributed by atoms with van der Waals surface area (Å²) in [5.41, 5.74) is 0.00769. The lowest BCUT2D eigenvalue weighted by Crippen LogP contribution is -2.53. The van der Waals surface area contributed by atoms with Crippen molar-refractivity contribution < 1.29 is 14.3 Å². The Labute approximate surface area is 78.4 Å². The average molecular weight is 184 g/mol. The summed E-state index contributed by atoms with van der Waals surface area (Å²) in [5.74, 6) is 0.383. The van der Waals surface area contributed by atoms with Gasteiger partial charge in [-0.05, 0) is 19.8 Å². The SMILES string of the molecule is CCO[C@H]1CC2(CCC(=O)CC2)O1. The van der Waals surface area contributed by atoms with E-state index in [0.29, 0.717) is 25.2 Å². The van der Waals surface area contributed by atoms with Crippen molar-refractivity contribution in [3.63, 3.8) is 0 Å². The van der Waals surface area contributed by atoms with Crippen molar-refractivity contribution in [2.75, 3.05) is 6.61 Å². The zero-order valence-corrected chi connectivity index (χ0v) is 8.04. The molecule has 1 aliphatic carbocycles. The van der Waals surface area contributed by atoms with Gasteiger partial charge in [0.25, 0.3) is 0 Å². The van der Waals surface area contributed by atoms with Gasteiger partial charge in [-0.1, -0.05) is 0 Å². The van der Waals surface area contributed by atoms with Crippen LogP contribution < -0.4 is 0 Å². The van der Waals surface area contributed by atoms with Gasteiger partial charge in [0, 0.05) is 25.9 Å². The molecule has 13 heavy (non-hydrogen) atoms. The fourth-order valence-corrected chi connectivity index (χ4v) is 2.16. The Morgan fingerprint density at radius 2 is 2.15 bits per heavy atom. The zero-order chi connectivity index (χ0) is 9.31. The van der Waals surface area contributed by atoms with Crippen LogP contribution in [0.2, 0.25) is 0 Å². The molecule has 0 unspecified atom stereocenters. The molecule has 2 fully saturated rings. The number of rotatable bonds is 2. The lowest BCUT2D eigenvalue weighted by Gasteiger charge is -2.49. The predicted molar refractivity (Wildman–Crippen MR) is 47.3 cm³/mol. The Morgan fingerprint density at radius 3 is 2.69 bits per heavy atom. The summed E-state index contributed by atoms with van der Waals surface area (Å²) in [7, 11) is 0. The lowest BCUT2D eigenvalue weighted by molar-refractivity contribution is -0.313. The number of Topliss-reactive ketones (excluding diaryl/α,β-unsaturated/α-hetero) is 1. The highest BCUT2D eigenvalue weighted by Gasteiger charge is 2.47. The molecule has 2 aliphatic rings. The van der Waals surface area contributed by atoms with Crippen molar-refractivity contribution in [1.82, 2.24) is 0 Å². The van der Waals surface area contributed by atoms with Gasteiger partial charge in [0.05, 0.1) is 5.60 Å². The van der Waals surface area contributed by atoms with Crippen molar-refractivity contribution in [2.45, 2.75) is 50.9 Å². The molecule has 1 heterocycles. The molecule has 3 nitrogen and oxygen atoms in total. The summed E-state index contributed by atoms with van der Waals surface area (Å²) in [6.07, 6.45) is 4.16. The van der Waals surface area contributed by atoms with E-state index in [1.807, 2.05) is 6.92 Å². The molecule has 0 amide bonds. The lowest BCUT2D eigenvalue weighted by atomic mass is 9.78. The smallest absolute Gasteiger partial charge is 0.161 e. The minimum absolute atomic E-state index is 0.00166. The quantitative estimate of drug-likeness (QED) is 0.654. The highest BCUT2D eigenvalue weighted by Crippen LogP contribution is 2.43. The highest BCUT2D eigenvalue weighted by atomic mass is 16.7. The van der Waals surface area contributed by atoms with Crippen LogP contribution in [0.4, 0.5) is 0 Å². The third-order valence-electron chi connectivity index (χ3n) is 2.99. The molecule has 3 heteroatoms. The van der Waals surface area contributed by atoms with E-state index in [9.17, 15) is 4.79 Å². The minimum atomic E-state index is -0.00166. The maximum Gasteiger partial charge on any atom is 0.161 e. The third kappa shape index (κ3) is 1.76. The fraction of sp³-hybridized carbons (Fsp3) is 0.900. The van der Waals surface area contributed by atoms with E-state index >= 15 is 0 Å². The number of carbonyl (C=O) groups is 1. The van der Waals surface area contributed by atoms with Crippen LogP contribution in [0.5, 0.6) is 0 Å². The van der Waals surface area contributed by atoms with Crippen LogP contribution in [0.25, 0.3) is 0 Å². The molecule has 0 radical (unpaired) electrons. The van der Waals surface area contributed by atoms with Crippen molar-refractivity contribution in [1.29, 1.82) is 0 Å². The summed E-state index contributed by atoms with van der Waals surface area (Å²) < 4.78 is 11.0. The number of ether oxygens (including phenoxy) is 2. The van der Waals surface area contributed by atoms with Gasteiger partial charge in [-0.3, -0.25) is 4.79 Å². The molecule has 0 aromatic rings. The van der Waals surface area contributed by atoms with Gasteiger partial charge >= 0.3 is 0 Å². The first kappa shape index (κ1) is 9.16. The minimum Gasteiger partial charge on any atom is -0.353 e. The molecule has 0 aromatic carbocycles. The number of carbonyl (C=O) groups excluding carboxylic acids is 1. The van der Waals surface area contributed by atoms with E-state index in [1.54, 1.807) is 0 Å². The second-order valence-corrected chi connectivity index (χ2v) is 3.93. The predicted octanol–water partition coefficient (Wildman–Crippen LogP) is 1.65. The van der Waals surface area contributed by atoms with E-state index in [-0.39, 0.29) is 11.9 Å². The van der Waals surface area contributed by atoms with Gasteiger partial charge in [0.2, 0.25) is 0 Å².